The predicted octanol–water partition coefficient (Wildman–Crippen LogP) is 3.66. The molecule has 3 N–H and O–H groups in total. The molecule has 3 aromatic rings. The molecule has 1 unspecified atom stereocenters. The lowest BCUT2D eigenvalue weighted by atomic mass is 9.98. The number of nitrogens with two attached hydrogens (primary N) is 1. The van der Waals surface area contributed by atoms with Gasteiger partial charge in [-0.1, -0.05) is 18.2 Å². The third kappa shape index (κ3) is 2.97. The summed E-state index contributed by atoms with van der Waals surface area (Å²) in [7, 11) is 0. The summed E-state index contributed by atoms with van der Waals surface area (Å²) in [6, 6.07) is 12.8. The average molecular weight is 297 g/mol. The monoisotopic (exact) mass is 297 g/mol. The van der Waals surface area contributed by atoms with Gasteiger partial charge in [0.05, 0.1) is 6.04 Å². The van der Waals surface area contributed by atoms with Gasteiger partial charge in [0.2, 0.25) is 0 Å². The van der Waals surface area contributed by atoms with E-state index in [1.54, 1.807) is 11.3 Å². The number of pyridine rings is 1. The summed E-state index contributed by atoms with van der Waals surface area (Å²) >= 11 is 1.79. The fraction of sp³-hybridized carbons (Fsp3) is 0.235. The van der Waals surface area contributed by atoms with Crippen LogP contribution in [0.15, 0.2) is 41.8 Å². The number of aryl methyl sites for hydroxylation is 2. The molecule has 1 atom stereocenters. The summed E-state index contributed by atoms with van der Waals surface area (Å²) in [6.07, 6.45) is 0.878. The zero-order valence-corrected chi connectivity index (χ0v) is 13.1. The summed E-state index contributed by atoms with van der Waals surface area (Å²) < 4.78 is 1.32. The molecule has 1 aromatic carbocycles. The fourth-order valence-electron chi connectivity index (χ4n) is 2.75. The minimum absolute atomic E-state index is 0.100. The van der Waals surface area contributed by atoms with E-state index in [4.69, 9.17) is 5.84 Å². The van der Waals surface area contributed by atoms with Gasteiger partial charge in [-0.05, 0) is 60.4 Å². The number of benzene rings is 1. The van der Waals surface area contributed by atoms with Crippen LogP contribution in [0.1, 0.15) is 28.6 Å². The SMILES string of the molecule is Cc1cc(C(Cc2csc3ccccc23)NN)cc(C)n1. The summed E-state index contributed by atoms with van der Waals surface area (Å²) in [5.74, 6) is 5.80. The minimum Gasteiger partial charge on any atom is -0.271 e. The Morgan fingerprint density at radius 2 is 1.90 bits per heavy atom. The number of hydrogen-bond acceptors (Lipinski definition) is 4. The highest BCUT2D eigenvalue weighted by atomic mass is 32.1. The van der Waals surface area contributed by atoms with Crippen LogP contribution in [0.2, 0.25) is 0 Å². The molecule has 0 saturated heterocycles. The van der Waals surface area contributed by atoms with E-state index < -0.39 is 0 Å². The zero-order chi connectivity index (χ0) is 14.8. The molecule has 21 heavy (non-hydrogen) atoms. The van der Waals surface area contributed by atoms with Crippen molar-refractivity contribution in [3.8, 4) is 0 Å². The molecule has 4 heteroatoms. The van der Waals surface area contributed by atoms with E-state index in [2.05, 4.69) is 52.2 Å². The van der Waals surface area contributed by atoms with Gasteiger partial charge in [0.25, 0.3) is 0 Å². The highest BCUT2D eigenvalue weighted by Gasteiger charge is 2.14. The Morgan fingerprint density at radius 3 is 2.62 bits per heavy atom. The summed E-state index contributed by atoms with van der Waals surface area (Å²) in [5.41, 5.74) is 7.54. The van der Waals surface area contributed by atoms with Crippen LogP contribution in [0, 0.1) is 13.8 Å². The first kappa shape index (κ1) is 14.2. The highest BCUT2D eigenvalue weighted by molar-refractivity contribution is 7.17. The van der Waals surface area contributed by atoms with Gasteiger partial charge in [-0.25, -0.2) is 0 Å². The van der Waals surface area contributed by atoms with Crippen LogP contribution in [-0.2, 0) is 6.42 Å². The molecular formula is C17H19N3S. The van der Waals surface area contributed by atoms with Crippen LogP contribution in [0.25, 0.3) is 10.1 Å². The Kier molecular flexibility index (Phi) is 4.01. The van der Waals surface area contributed by atoms with E-state index in [1.807, 2.05) is 13.8 Å². The third-order valence-corrected chi connectivity index (χ3v) is 4.70. The maximum atomic E-state index is 5.80. The van der Waals surface area contributed by atoms with Crippen molar-refractivity contribution < 1.29 is 0 Å². The number of rotatable bonds is 4. The lowest BCUT2D eigenvalue weighted by Gasteiger charge is -2.17. The third-order valence-electron chi connectivity index (χ3n) is 3.69. The van der Waals surface area contributed by atoms with Crippen LogP contribution in [0.4, 0.5) is 0 Å². The molecule has 2 heterocycles. The average Bonchev–Trinajstić information content (AvgIpc) is 2.87. The number of nitrogens with one attached hydrogen (secondary N) is 1. The van der Waals surface area contributed by atoms with Crippen LogP contribution in [0.3, 0.4) is 0 Å². The Bertz CT molecular complexity index is 743. The molecule has 2 aromatic heterocycles. The van der Waals surface area contributed by atoms with Gasteiger partial charge >= 0.3 is 0 Å². The Labute approximate surface area is 128 Å². The molecule has 3 rings (SSSR count). The maximum absolute atomic E-state index is 5.80. The molecule has 0 saturated carbocycles. The van der Waals surface area contributed by atoms with Crippen molar-refractivity contribution in [3.05, 3.63) is 64.3 Å². The van der Waals surface area contributed by atoms with Crippen molar-refractivity contribution in [3.63, 3.8) is 0 Å². The van der Waals surface area contributed by atoms with Crippen LogP contribution in [-0.4, -0.2) is 4.98 Å². The molecule has 108 valence electrons. The van der Waals surface area contributed by atoms with Crippen LogP contribution < -0.4 is 11.3 Å². The first-order valence-corrected chi connectivity index (χ1v) is 7.92. The number of aromatic nitrogens is 1. The van der Waals surface area contributed by atoms with E-state index in [0.717, 1.165) is 17.8 Å². The van der Waals surface area contributed by atoms with E-state index in [-0.39, 0.29) is 6.04 Å². The second-order valence-electron chi connectivity index (χ2n) is 5.36. The van der Waals surface area contributed by atoms with Gasteiger partial charge in [0, 0.05) is 16.1 Å². The minimum atomic E-state index is 0.100. The first-order chi connectivity index (χ1) is 10.2. The molecule has 0 aliphatic heterocycles. The number of fused-ring (bicyclic) bond motifs is 1. The summed E-state index contributed by atoms with van der Waals surface area (Å²) in [6.45, 7) is 4.04. The predicted molar refractivity (Wildman–Crippen MR) is 89.3 cm³/mol. The van der Waals surface area contributed by atoms with Crippen molar-refractivity contribution in [2.75, 3.05) is 0 Å². The van der Waals surface area contributed by atoms with Crippen molar-refractivity contribution in [1.82, 2.24) is 10.4 Å². The second-order valence-corrected chi connectivity index (χ2v) is 6.27. The number of nitrogens with zero attached hydrogens (tertiary/aromatic N) is 1. The van der Waals surface area contributed by atoms with Gasteiger partial charge < -0.3 is 0 Å². The standard InChI is InChI=1S/C17H19N3S/c1-11-7-13(8-12(2)19-11)16(20-18)9-14-10-21-17-6-4-3-5-15(14)17/h3-8,10,16,20H,9,18H2,1-2H3. The molecule has 0 amide bonds. The lowest BCUT2D eigenvalue weighted by Crippen LogP contribution is -2.29. The van der Waals surface area contributed by atoms with Crippen LogP contribution >= 0.6 is 11.3 Å². The highest BCUT2D eigenvalue weighted by Crippen LogP contribution is 2.29. The van der Waals surface area contributed by atoms with Crippen molar-refractivity contribution in [2.45, 2.75) is 26.3 Å². The Morgan fingerprint density at radius 1 is 1.19 bits per heavy atom. The van der Waals surface area contributed by atoms with Gasteiger partial charge in [-0.15, -0.1) is 11.3 Å². The Balaban J connectivity index is 1.94. The molecule has 0 aliphatic carbocycles. The molecular weight excluding hydrogens is 278 g/mol. The van der Waals surface area contributed by atoms with Gasteiger partial charge in [-0.3, -0.25) is 16.3 Å². The van der Waals surface area contributed by atoms with E-state index in [9.17, 15) is 0 Å². The van der Waals surface area contributed by atoms with E-state index in [1.165, 1.54) is 21.2 Å². The van der Waals surface area contributed by atoms with Gasteiger partial charge in [0.15, 0.2) is 0 Å². The lowest BCUT2D eigenvalue weighted by molar-refractivity contribution is 0.552. The molecule has 0 aliphatic rings. The molecule has 3 nitrogen and oxygen atoms in total. The van der Waals surface area contributed by atoms with Gasteiger partial charge in [-0.2, -0.15) is 0 Å². The summed E-state index contributed by atoms with van der Waals surface area (Å²) in [5, 5.41) is 3.56. The quantitative estimate of drug-likeness (QED) is 0.571. The molecule has 0 spiro atoms. The van der Waals surface area contributed by atoms with Gasteiger partial charge in [0.1, 0.15) is 0 Å². The molecule has 0 bridgehead atoms. The summed E-state index contributed by atoms with van der Waals surface area (Å²) in [4.78, 5) is 4.43. The van der Waals surface area contributed by atoms with Crippen molar-refractivity contribution in [2.24, 2.45) is 5.84 Å². The molecule has 0 radical (unpaired) electrons. The largest absolute Gasteiger partial charge is 0.271 e. The van der Waals surface area contributed by atoms with Crippen molar-refractivity contribution in [1.29, 1.82) is 0 Å². The van der Waals surface area contributed by atoms with E-state index >= 15 is 0 Å². The topological polar surface area (TPSA) is 50.9 Å². The first-order valence-electron chi connectivity index (χ1n) is 7.04. The normalized spacial score (nSPS) is 12.7. The molecule has 0 fully saturated rings. The van der Waals surface area contributed by atoms with Crippen molar-refractivity contribution >= 4 is 21.4 Å². The number of hydrazine groups is 1. The second kappa shape index (κ2) is 5.93. The smallest absolute Gasteiger partial charge is 0.0502 e. The zero-order valence-electron chi connectivity index (χ0n) is 12.3. The Hall–Kier alpha value is -1.75. The number of thiophene rings is 1. The van der Waals surface area contributed by atoms with Crippen LogP contribution in [0.5, 0.6) is 0 Å². The van der Waals surface area contributed by atoms with E-state index in [0.29, 0.717) is 0 Å². The maximum Gasteiger partial charge on any atom is 0.0502 e. The fourth-order valence-corrected chi connectivity index (χ4v) is 3.73. The number of hydrogen-bond donors (Lipinski definition) is 2.